The van der Waals surface area contributed by atoms with Gasteiger partial charge in [0.05, 0.1) is 6.10 Å². The number of ether oxygens (including phenoxy) is 1. The Morgan fingerprint density at radius 2 is 2.10 bits per heavy atom. The highest BCUT2D eigenvalue weighted by atomic mass is 32.1. The molecule has 1 amide bonds. The van der Waals surface area contributed by atoms with E-state index in [1.54, 1.807) is 18.4 Å². The molecular weight excluding hydrogens is 270 g/mol. The van der Waals surface area contributed by atoms with E-state index >= 15 is 0 Å². The number of aryl methyl sites for hydroxylation is 2. The Hall–Kier alpha value is -0.870. The fourth-order valence-electron chi connectivity index (χ4n) is 3.74. The van der Waals surface area contributed by atoms with E-state index in [9.17, 15) is 4.79 Å². The van der Waals surface area contributed by atoms with Crippen molar-refractivity contribution < 1.29 is 9.53 Å². The first-order valence-electron chi connectivity index (χ1n) is 7.56. The minimum atomic E-state index is 0.347. The van der Waals surface area contributed by atoms with Crippen molar-refractivity contribution in [3.63, 3.8) is 0 Å². The van der Waals surface area contributed by atoms with Crippen molar-refractivity contribution in [3.05, 3.63) is 21.9 Å². The molecule has 2 unspecified atom stereocenters. The van der Waals surface area contributed by atoms with Crippen molar-refractivity contribution in [2.45, 2.75) is 63.6 Å². The van der Waals surface area contributed by atoms with Crippen molar-refractivity contribution in [1.82, 2.24) is 4.90 Å². The minimum Gasteiger partial charge on any atom is -0.381 e. The second-order valence-corrected chi connectivity index (χ2v) is 7.04. The average molecular weight is 293 g/mol. The summed E-state index contributed by atoms with van der Waals surface area (Å²) in [4.78, 5) is 16.1. The summed E-state index contributed by atoms with van der Waals surface area (Å²) in [5.41, 5.74) is 1.32. The summed E-state index contributed by atoms with van der Waals surface area (Å²) >= 11 is 1.77. The predicted octanol–water partition coefficient (Wildman–Crippen LogP) is 3.16. The standard InChI is InChI=1S/C16H23NO2S/c1-11-7-8-20-15(11)5-6-16(18)17-12-3-4-13(17)10-14(9-12)19-2/h7-8,12-14H,3-6,9-10H2,1-2H3. The molecule has 0 aliphatic carbocycles. The van der Waals surface area contributed by atoms with Crippen molar-refractivity contribution in [3.8, 4) is 0 Å². The highest BCUT2D eigenvalue weighted by Gasteiger charge is 2.42. The number of thiophene rings is 1. The molecule has 3 heterocycles. The summed E-state index contributed by atoms with van der Waals surface area (Å²) in [6, 6.07) is 2.99. The zero-order chi connectivity index (χ0) is 14.1. The van der Waals surface area contributed by atoms with Crippen LogP contribution in [0.15, 0.2) is 11.4 Å². The topological polar surface area (TPSA) is 29.5 Å². The van der Waals surface area contributed by atoms with Gasteiger partial charge in [0.25, 0.3) is 0 Å². The number of hydrogen-bond acceptors (Lipinski definition) is 3. The summed E-state index contributed by atoms with van der Waals surface area (Å²) in [5.74, 6) is 0.347. The lowest BCUT2D eigenvalue weighted by molar-refractivity contribution is -0.137. The number of methoxy groups -OCH3 is 1. The van der Waals surface area contributed by atoms with Gasteiger partial charge in [-0.25, -0.2) is 0 Å². The smallest absolute Gasteiger partial charge is 0.223 e. The van der Waals surface area contributed by atoms with Crippen LogP contribution in [0, 0.1) is 6.92 Å². The summed E-state index contributed by atoms with van der Waals surface area (Å²) in [6.45, 7) is 2.13. The molecule has 3 rings (SSSR count). The Bertz CT molecular complexity index is 471. The summed E-state index contributed by atoms with van der Waals surface area (Å²) < 4.78 is 5.50. The van der Waals surface area contributed by atoms with Crippen LogP contribution in [-0.4, -0.2) is 36.1 Å². The van der Waals surface area contributed by atoms with Gasteiger partial charge in [0.2, 0.25) is 5.91 Å². The maximum absolute atomic E-state index is 12.6. The molecule has 0 N–H and O–H groups in total. The number of fused-ring (bicyclic) bond motifs is 2. The highest BCUT2D eigenvalue weighted by Crippen LogP contribution is 2.37. The number of hydrogen-bond donors (Lipinski definition) is 0. The lowest BCUT2D eigenvalue weighted by Crippen LogP contribution is -2.48. The van der Waals surface area contributed by atoms with E-state index in [1.165, 1.54) is 10.4 Å². The third-order valence-corrected chi connectivity index (χ3v) is 5.93. The predicted molar refractivity (Wildman–Crippen MR) is 81.1 cm³/mol. The van der Waals surface area contributed by atoms with Crippen molar-refractivity contribution in [1.29, 1.82) is 0 Å². The molecule has 20 heavy (non-hydrogen) atoms. The van der Waals surface area contributed by atoms with Crippen LogP contribution in [0.3, 0.4) is 0 Å². The number of rotatable bonds is 4. The van der Waals surface area contributed by atoms with Gasteiger partial charge in [-0.05, 0) is 56.0 Å². The fourth-order valence-corrected chi connectivity index (χ4v) is 4.65. The molecule has 0 radical (unpaired) electrons. The van der Waals surface area contributed by atoms with E-state index in [0.29, 0.717) is 30.5 Å². The van der Waals surface area contributed by atoms with Crippen LogP contribution in [0.25, 0.3) is 0 Å². The van der Waals surface area contributed by atoms with E-state index in [1.807, 2.05) is 0 Å². The first-order valence-corrected chi connectivity index (χ1v) is 8.44. The molecule has 2 aliphatic heterocycles. The van der Waals surface area contributed by atoms with Gasteiger partial charge in [-0.3, -0.25) is 4.79 Å². The molecule has 1 aromatic heterocycles. The Labute approximate surface area is 124 Å². The molecule has 110 valence electrons. The maximum atomic E-state index is 12.6. The zero-order valence-corrected chi connectivity index (χ0v) is 13.1. The van der Waals surface area contributed by atoms with E-state index in [0.717, 1.165) is 32.1 Å². The molecule has 0 spiro atoms. The molecule has 2 saturated heterocycles. The monoisotopic (exact) mass is 293 g/mol. The lowest BCUT2D eigenvalue weighted by atomic mass is 9.99. The third kappa shape index (κ3) is 2.63. The van der Waals surface area contributed by atoms with Gasteiger partial charge >= 0.3 is 0 Å². The van der Waals surface area contributed by atoms with Crippen LogP contribution >= 0.6 is 11.3 Å². The largest absolute Gasteiger partial charge is 0.381 e. The van der Waals surface area contributed by atoms with E-state index in [2.05, 4.69) is 23.3 Å². The second-order valence-electron chi connectivity index (χ2n) is 6.04. The average Bonchev–Trinajstić information content (AvgIpc) is 2.97. The number of piperidine rings is 1. The molecule has 2 atom stereocenters. The summed E-state index contributed by atoms with van der Waals surface area (Å²) in [7, 11) is 1.79. The molecule has 2 fully saturated rings. The molecular formula is C16H23NO2S. The molecule has 3 nitrogen and oxygen atoms in total. The van der Waals surface area contributed by atoms with Crippen LogP contribution in [0.5, 0.6) is 0 Å². The molecule has 0 saturated carbocycles. The van der Waals surface area contributed by atoms with Gasteiger partial charge in [0.15, 0.2) is 0 Å². The molecule has 2 aliphatic rings. The SMILES string of the molecule is COC1CC2CCC(C1)N2C(=O)CCc1sccc1C. The number of amides is 1. The molecule has 0 aromatic carbocycles. The quantitative estimate of drug-likeness (QED) is 0.853. The number of carbonyl (C=O) groups is 1. The van der Waals surface area contributed by atoms with Crippen LogP contribution in [-0.2, 0) is 16.0 Å². The van der Waals surface area contributed by atoms with E-state index < -0.39 is 0 Å². The van der Waals surface area contributed by atoms with Gasteiger partial charge < -0.3 is 9.64 Å². The molecule has 4 heteroatoms. The molecule has 2 bridgehead atoms. The van der Waals surface area contributed by atoms with Crippen LogP contribution < -0.4 is 0 Å². The zero-order valence-electron chi connectivity index (χ0n) is 12.3. The van der Waals surface area contributed by atoms with Crippen molar-refractivity contribution >= 4 is 17.2 Å². The fraction of sp³-hybridized carbons (Fsp3) is 0.688. The van der Waals surface area contributed by atoms with E-state index in [4.69, 9.17) is 4.74 Å². The highest BCUT2D eigenvalue weighted by molar-refractivity contribution is 7.10. The van der Waals surface area contributed by atoms with Gasteiger partial charge in [0.1, 0.15) is 0 Å². The Morgan fingerprint density at radius 3 is 2.65 bits per heavy atom. The summed E-state index contributed by atoms with van der Waals surface area (Å²) in [5, 5.41) is 2.11. The number of nitrogens with zero attached hydrogens (tertiary/aromatic N) is 1. The summed E-state index contributed by atoms with van der Waals surface area (Å²) in [6.07, 6.45) is 6.28. The van der Waals surface area contributed by atoms with Crippen LogP contribution in [0.4, 0.5) is 0 Å². The maximum Gasteiger partial charge on any atom is 0.223 e. The lowest BCUT2D eigenvalue weighted by Gasteiger charge is -2.38. The van der Waals surface area contributed by atoms with Crippen molar-refractivity contribution in [2.75, 3.05) is 7.11 Å². The Balaban J connectivity index is 1.60. The van der Waals surface area contributed by atoms with Gasteiger partial charge in [0, 0.05) is 30.5 Å². The first kappa shape index (κ1) is 14.1. The Morgan fingerprint density at radius 1 is 1.40 bits per heavy atom. The molecule has 1 aromatic rings. The van der Waals surface area contributed by atoms with Crippen LogP contribution in [0.2, 0.25) is 0 Å². The van der Waals surface area contributed by atoms with Gasteiger partial charge in [-0.1, -0.05) is 0 Å². The Kier molecular flexibility index (Phi) is 4.13. The van der Waals surface area contributed by atoms with Crippen molar-refractivity contribution in [2.24, 2.45) is 0 Å². The number of carbonyl (C=O) groups excluding carboxylic acids is 1. The normalized spacial score (nSPS) is 28.9. The first-order chi connectivity index (χ1) is 9.69. The van der Waals surface area contributed by atoms with E-state index in [-0.39, 0.29) is 0 Å². The van der Waals surface area contributed by atoms with Crippen LogP contribution in [0.1, 0.15) is 42.5 Å². The van der Waals surface area contributed by atoms with Gasteiger partial charge in [-0.2, -0.15) is 0 Å². The van der Waals surface area contributed by atoms with Gasteiger partial charge in [-0.15, -0.1) is 11.3 Å². The second kappa shape index (κ2) is 5.86. The minimum absolute atomic E-state index is 0.347. The third-order valence-electron chi connectivity index (χ3n) is 4.85.